The summed E-state index contributed by atoms with van der Waals surface area (Å²) in [6.45, 7) is 3.26. The molecule has 0 aliphatic carbocycles. The van der Waals surface area contributed by atoms with E-state index >= 15 is 0 Å². The largest absolute Gasteiger partial charge is 0.306 e. The number of carbonyl (C=O) groups excluding carboxylic acids is 1. The Morgan fingerprint density at radius 3 is 2.56 bits per heavy atom. The van der Waals surface area contributed by atoms with Crippen molar-refractivity contribution >= 4 is 38.9 Å². The van der Waals surface area contributed by atoms with Gasteiger partial charge >= 0.3 is 0 Å². The van der Waals surface area contributed by atoms with Crippen LogP contribution in [-0.2, 0) is 14.8 Å². The third-order valence-electron chi connectivity index (χ3n) is 4.03. The predicted molar refractivity (Wildman–Crippen MR) is 101 cm³/mol. The van der Waals surface area contributed by atoms with Gasteiger partial charge in [-0.3, -0.25) is 9.10 Å². The molecule has 7 nitrogen and oxygen atoms in total. The van der Waals surface area contributed by atoms with Crippen molar-refractivity contribution in [3.05, 3.63) is 28.8 Å². The van der Waals surface area contributed by atoms with E-state index in [4.69, 9.17) is 11.6 Å². The molecule has 138 valence electrons. The second-order valence-corrected chi connectivity index (χ2v) is 8.53. The highest BCUT2D eigenvalue weighted by atomic mass is 35.5. The Kier molecular flexibility index (Phi) is 6.42. The molecule has 0 radical (unpaired) electrons. The average molecular weight is 387 g/mol. The zero-order valence-electron chi connectivity index (χ0n) is 14.6. The Morgan fingerprint density at radius 1 is 1.36 bits per heavy atom. The standard InChI is InChI=1S/C16H23ClN4O3S/c1-12-4-5-14(10-15(12)17)21(25(3,23)24)11-16(22)19-18-13-6-8-20(2)9-7-13/h4-5,10H,6-9,11H2,1-3H3,(H,19,22). The molecular formula is C16H23ClN4O3S. The molecule has 1 aliphatic heterocycles. The van der Waals surface area contributed by atoms with Crippen LogP contribution in [0.1, 0.15) is 18.4 Å². The number of benzene rings is 1. The van der Waals surface area contributed by atoms with E-state index in [0.29, 0.717) is 10.7 Å². The van der Waals surface area contributed by atoms with Crippen molar-refractivity contribution < 1.29 is 13.2 Å². The highest BCUT2D eigenvalue weighted by molar-refractivity contribution is 7.92. The fourth-order valence-corrected chi connectivity index (χ4v) is 3.46. The average Bonchev–Trinajstić information content (AvgIpc) is 2.54. The van der Waals surface area contributed by atoms with Gasteiger partial charge in [-0.25, -0.2) is 13.8 Å². The van der Waals surface area contributed by atoms with Crippen LogP contribution in [0, 0.1) is 6.92 Å². The summed E-state index contributed by atoms with van der Waals surface area (Å²) in [6, 6.07) is 4.87. The van der Waals surface area contributed by atoms with Crippen LogP contribution in [0.3, 0.4) is 0 Å². The van der Waals surface area contributed by atoms with Crippen LogP contribution in [0.15, 0.2) is 23.3 Å². The molecule has 1 aromatic rings. The van der Waals surface area contributed by atoms with Gasteiger partial charge in [-0.05, 0) is 31.7 Å². The highest BCUT2D eigenvalue weighted by Gasteiger charge is 2.21. The van der Waals surface area contributed by atoms with Crippen molar-refractivity contribution in [2.24, 2.45) is 5.10 Å². The molecule has 9 heteroatoms. The molecule has 1 aliphatic rings. The Morgan fingerprint density at radius 2 is 2.00 bits per heavy atom. The molecule has 0 saturated carbocycles. The lowest BCUT2D eigenvalue weighted by molar-refractivity contribution is -0.119. The minimum absolute atomic E-state index is 0.347. The van der Waals surface area contributed by atoms with E-state index in [-0.39, 0.29) is 6.54 Å². The van der Waals surface area contributed by atoms with Crippen molar-refractivity contribution in [3.8, 4) is 0 Å². The van der Waals surface area contributed by atoms with Gasteiger partial charge in [0.2, 0.25) is 10.0 Å². The molecule has 0 atom stereocenters. The molecule has 0 bridgehead atoms. The fourth-order valence-electron chi connectivity index (χ4n) is 2.43. The van der Waals surface area contributed by atoms with E-state index in [1.165, 1.54) is 6.07 Å². The molecule has 0 aromatic heterocycles. The normalized spacial score (nSPS) is 15.8. The third-order valence-corrected chi connectivity index (χ3v) is 5.58. The molecule has 1 aromatic carbocycles. The van der Waals surface area contributed by atoms with Crippen LogP contribution < -0.4 is 9.73 Å². The van der Waals surface area contributed by atoms with Crippen molar-refractivity contribution in [2.75, 3.05) is 37.2 Å². The summed E-state index contributed by atoms with van der Waals surface area (Å²) in [5.41, 5.74) is 4.55. The van der Waals surface area contributed by atoms with E-state index < -0.39 is 15.9 Å². The predicted octanol–water partition coefficient (Wildman–Crippen LogP) is 1.61. The number of aryl methyl sites for hydroxylation is 1. The smallest absolute Gasteiger partial charge is 0.260 e. The Bertz CT molecular complexity index is 770. The number of piperidine rings is 1. The number of nitrogens with one attached hydrogen (secondary N) is 1. The summed E-state index contributed by atoms with van der Waals surface area (Å²) in [6.07, 6.45) is 2.64. The SMILES string of the molecule is Cc1ccc(N(CC(=O)NN=C2CCN(C)CC2)S(C)(=O)=O)cc1Cl. The van der Waals surface area contributed by atoms with Crippen LogP contribution in [0.5, 0.6) is 0 Å². The van der Waals surface area contributed by atoms with Crippen LogP contribution in [0.2, 0.25) is 5.02 Å². The van der Waals surface area contributed by atoms with E-state index in [2.05, 4.69) is 15.4 Å². The Hall–Kier alpha value is -1.64. The first-order valence-electron chi connectivity index (χ1n) is 7.93. The number of nitrogens with zero attached hydrogens (tertiary/aromatic N) is 3. The summed E-state index contributed by atoms with van der Waals surface area (Å²) in [7, 11) is -1.60. The quantitative estimate of drug-likeness (QED) is 0.779. The van der Waals surface area contributed by atoms with Gasteiger partial charge in [0.05, 0.1) is 11.9 Å². The van der Waals surface area contributed by atoms with Crippen LogP contribution in [0.4, 0.5) is 5.69 Å². The molecule has 2 rings (SSSR count). The van der Waals surface area contributed by atoms with E-state index in [0.717, 1.165) is 47.8 Å². The number of likely N-dealkylation sites (tertiary alicyclic amines) is 1. The highest BCUT2D eigenvalue weighted by Crippen LogP contribution is 2.24. The van der Waals surface area contributed by atoms with Gasteiger partial charge < -0.3 is 4.90 Å². The maximum absolute atomic E-state index is 12.2. The minimum Gasteiger partial charge on any atom is -0.306 e. The fraction of sp³-hybridized carbons (Fsp3) is 0.500. The molecule has 1 amide bonds. The van der Waals surface area contributed by atoms with Gasteiger partial charge in [-0.1, -0.05) is 17.7 Å². The van der Waals surface area contributed by atoms with Crippen molar-refractivity contribution in [3.63, 3.8) is 0 Å². The molecule has 0 unspecified atom stereocenters. The number of halogens is 1. The monoisotopic (exact) mass is 386 g/mol. The van der Waals surface area contributed by atoms with Gasteiger partial charge in [0, 0.05) is 36.7 Å². The maximum Gasteiger partial charge on any atom is 0.260 e. The Labute approximate surface area is 153 Å². The molecule has 0 spiro atoms. The maximum atomic E-state index is 12.2. The van der Waals surface area contributed by atoms with Gasteiger partial charge in [-0.15, -0.1) is 0 Å². The number of sulfonamides is 1. The van der Waals surface area contributed by atoms with Crippen molar-refractivity contribution in [1.82, 2.24) is 10.3 Å². The minimum atomic E-state index is -3.63. The molecule has 1 heterocycles. The van der Waals surface area contributed by atoms with E-state index in [9.17, 15) is 13.2 Å². The van der Waals surface area contributed by atoms with Gasteiger partial charge in [0.15, 0.2) is 0 Å². The van der Waals surface area contributed by atoms with Crippen molar-refractivity contribution in [1.29, 1.82) is 0 Å². The molecular weight excluding hydrogens is 364 g/mol. The first-order valence-corrected chi connectivity index (χ1v) is 10.2. The summed E-state index contributed by atoms with van der Waals surface area (Å²) in [5, 5.41) is 4.56. The second kappa shape index (κ2) is 8.16. The first kappa shape index (κ1) is 19.7. The van der Waals surface area contributed by atoms with Gasteiger partial charge in [0.25, 0.3) is 5.91 Å². The molecule has 1 saturated heterocycles. The molecule has 25 heavy (non-hydrogen) atoms. The van der Waals surface area contributed by atoms with Gasteiger partial charge in [-0.2, -0.15) is 5.10 Å². The summed E-state index contributed by atoms with van der Waals surface area (Å²) < 4.78 is 25.2. The third kappa shape index (κ3) is 5.69. The zero-order valence-corrected chi connectivity index (χ0v) is 16.2. The summed E-state index contributed by atoms with van der Waals surface area (Å²) in [5.74, 6) is -0.492. The number of rotatable bonds is 5. The number of carbonyl (C=O) groups is 1. The zero-order chi connectivity index (χ0) is 18.6. The number of amides is 1. The lowest BCUT2D eigenvalue weighted by Crippen LogP contribution is -2.39. The summed E-state index contributed by atoms with van der Waals surface area (Å²) >= 11 is 6.07. The van der Waals surface area contributed by atoms with E-state index in [1.807, 2.05) is 14.0 Å². The second-order valence-electron chi connectivity index (χ2n) is 6.22. The van der Waals surface area contributed by atoms with Crippen LogP contribution in [-0.4, -0.2) is 57.9 Å². The first-order chi connectivity index (χ1) is 11.7. The Balaban J connectivity index is 2.08. The van der Waals surface area contributed by atoms with Crippen LogP contribution in [0.25, 0.3) is 0 Å². The van der Waals surface area contributed by atoms with Crippen molar-refractivity contribution in [2.45, 2.75) is 19.8 Å². The topological polar surface area (TPSA) is 82.1 Å². The van der Waals surface area contributed by atoms with Crippen LogP contribution >= 0.6 is 11.6 Å². The number of anilines is 1. The number of hydrazone groups is 1. The molecule has 1 fully saturated rings. The molecule has 1 N–H and O–H groups in total. The van der Waals surface area contributed by atoms with E-state index in [1.54, 1.807) is 12.1 Å². The summed E-state index contributed by atoms with van der Waals surface area (Å²) in [4.78, 5) is 14.4. The number of hydrogen-bond donors (Lipinski definition) is 1. The lowest BCUT2D eigenvalue weighted by atomic mass is 10.1. The van der Waals surface area contributed by atoms with Gasteiger partial charge in [0.1, 0.15) is 6.54 Å². The lowest BCUT2D eigenvalue weighted by Gasteiger charge is -2.23. The number of hydrogen-bond acceptors (Lipinski definition) is 5.